The molecule has 1 amide bonds. The maximum atomic E-state index is 12.1. The number of hydrogen-bond acceptors (Lipinski definition) is 3. The summed E-state index contributed by atoms with van der Waals surface area (Å²) in [6.07, 6.45) is 0. The molecule has 0 heterocycles. The molecule has 0 saturated carbocycles. The van der Waals surface area contributed by atoms with Gasteiger partial charge in [-0.15, -0.1) is 0 Å². The van der Waals surface area contributed by atoms with Crippen LogP contribution < -0.4 is 5.32 Å². The van der Waals surface area contributed by atoms with Gasteiger partial charge in [0.1, 0.15) is 0 Å². The fourth-order valence-corrected chi connectivity index (χ4v) is 2.48. The van der Waals surface area contributed by atoms with Crippen molar-refractivity contribution in [2.45, 2.75) is 24.8 Å². The Labute approximate surface area is 128 Å². The summed E-state index contributed by atoms with van der Waals surface area (Å²) in [6.45, 7) is 3.70. The molecule has 0 fully saturated rings. The van der Waals surface area contributed by atoms with Crippen LogP contribution in [0, 0.1) is 6.92 Å². The zero-order chi connectivity index (χ0) is 15.2. The number of thioether (sulfide) groups is 1. The van der Waals surface area contributed by atoms with Crippen LogP contribution in [-0.4, -0.2) is 17.1 Å². The summed E-state index contributed by atoms with van der Waals surface area (Å²) in [7, 11) is 0. The van der Waals surface area contributed by atoms with E-state index in [2.05, 4.69) is 5.32 Å². The van der Waals surface area contributed by atoms with Crippen molar-refractivity contribution < 1.29 is 9.59 Å². The number of nitrogens with one attached hydrogen (secondary N) is 1. The SMILES string of the molecule is Cc1ccc(SC(=O)[C@H](C)NC(=O)c2ccccc2)cc1. The molecule has 2 aromatic carbocycles. The molecule has 0 unspecified atom stereocenters. The van der Waals surface area contributed by atoms with Crippen LogP contribution in [0.15, 0.2) is 59.5 Å². The largest absolute Gasteiger partial charge is 0.342 e. The summed E-state index contributed by atoms with van der Waals surface area (Å²) in [5, 5.41) is 2.64. The Morgan fingerprint density at radius 3 is 2.24 bits per heavy atom. The third kappa shape index (κ3) is 4.46. The molecule has 0 saturated heterocycles. The molecule has 4 heteroatoms. The summed E-state index contributed by atoms with van der Waals surface area (Å²) in [4.78, 5) is 25.0. The molecular weight excluding hydrogens is 282 g/mol. The minimum Gasteiger partial charge on any atom is -0.342 e. The molecule has 1 atom stereocenters. The van der Waals surface area contributed by atoms with Gasteiger partial charge in [-0.2, -0.15) is 0 Å². The first kappa shape index (κ1) is 15.3. The minimum atomic E-state index is -0.538. The Bertz CT molecular complexity index is 623. The average molecular weight is 299 g/mol. The standard InChI is InChI=1S/C17H17NO2S/c1-12-8-10-15(11-9-12)21-17(20)13(2)18-16(19)14-6-4-3-5-7-14/h3-11,13H,1-2H3,(H,18,19)/t13-/m0/s1. The van der Waals surface area contributed by atoms with E-state index in [1.807, 2.05) is 37.3 Å². The maximum absolute atomic E-state index is 12.1. The Morgan fingerprint density at radius 1 is 1.00 bits per heavy atom. The van der Waals surface area contributed by atoms with E-state index in [-0.39, 0.29) is 11.0 Å². The molecule has 0 aliphatic heterocycles. The molecule has 1 N–H and O–H groups in total. The lowest BCUT2D eigenvalue weighted by molar-refractivity contribution is -0.112. The lowest BCUT2D eigenvalue weighted by Crippen LogP contribution is -2.37. The van der Waals surface area contributed by atoms with Crippen molar-refractivity contribution in [3.05, 3.63) is 65.7 Å². The van der Waals surface area contributed by atoms with Crippen LogP contribution in [0.4, 0.5) is 0 Å². The van der Waals surface area contributed by atoms with E-state index >= 15 is 0 Å². The Hall–Kier alpha value is -2.07. The van der Waals surface area contributed by atoms with Crippen LogP contribution >= 0.6 is 11.8 Å². The third-order valence-electron chi connectivity index (χ3n) is 2.98. The fraction of sp³-hybridized carbons (Fsp3) is 0.176. The maximum Gasteiger partial charge on any atom is 0.251 e. The van der Waals surface area contributed by atoms with Gasteiger partial charge in [0.2, 0.25) is 5.12 Å². The van der Waals surface area contributed by atoms with E-state index in [1.165, 1.54) is 0 Å². The number of carbonyl (C=O) groups is 2. The minimum absolute atomic E-state index is 0.0804. The van der Waals surface area contributed by atoms with Gasteiger partial charge in [0, 0.05) is 10.5 Å². The Kier molecular flexibility index (Phi) is 5.17. The number of hydrogen-bond donors (Lipinski definition) is 1. The van der Waals surface area contributed by atoms with Crippen molar-refractivity contribution in [2.24, 2.45) is 0 Å². The van der Waals surface area contributed by atoms with Crippen molar-refractivity contribution in [1.82, 2.24) is 5.32 Å². The van der Waals surface area contributed by atoms with Crippen LogP contribution in [0.25, 0.3) is 0 Å². The van der Waals surface area contributed by atoms with Crippen LogP contribution in [0.1, 0.15) is 22.8 Å². The summed E-state index contributed by atoms with van der Waals surface area (Å²) in [6, 6.07) is 16.1. The van der Waals surface area contributed by atoms with Gasteiger partial charge in [0.15, 0.2) is 0 Å². The fourth-order valence-electron chi connectivity index (χ4n) is 1.74. The second kappa shape index (κ2) is 7.09. The van der Waals surface area contributed by atoms with Crippen molar-refractivity contribution in [1.29, 1.82) is 0 Å². The molecule has 21 heavy (non-hydrogen) atoms. The number of amides is 1. The smallest absolute Gasteiger partial charge is 0.251 e. The lowest BCUT2D eigenvalue weighted by atomic mass is 10.2. The highest BCUT2D eigenvalue weighted by Gasteiger charge is 2.17. The zero-order valence-electron chi connectivity index (χ0n) is 12.0. The summed E-state index contributed by atoms with van der Waals surface area (Å²) in [5.41, 5.74) is 1.70. The van der Waals surface area contributed by atoms with Gasteiger partial charge >= 0.3 is 0 Å². The second-order valence-corrected chi connectivity index (χ2v) is 5.87. The zero-order valence-corrected chi connectivity index (χ0v) is 12.8. The van der Waals surface area contributed by atoms with Gasteiger partial charge in [-0.25, -0.2) is 0 Å². The quantitative estimate of drug-likeness (QED) is 0.880. The number of aryl methyl sites for hydroxylation is 1. The second-order valence-electron chi connectivity index (χ2n) is 4.80. The van der Waals surface area contributed by atoms with E-state index in [0.717, 1.165) is 22.2 Å². The molecular formula is C17H17NO2S. The van der Waals surface area contributed by atoms with E-state index in [4.69, 9.17) is 0 Å². The Balaban J connectivity index is 1.93. The first-order chi connectivity index (χ1) is 10.1. The van der Waals surface area contributed by atoms with Crippen molar-refractivity contribution in [2.75, 3.05) is 0 Å². The highest BCUT2D eigenvalue weighted by Crippen LogP contribution is 2.20. The Morgan fingerprint density at radius 2 is 1.62 bits per heavy atom. The van der Waals surface area contributed by atoms with E-state index in [9.17, 15) is 9.59 Å². The van der Waals surface area contributed by atoms with Crippen molar-refractivity contribution in [3.8, 4) is 0 Å². The van der Waals surface area contributed by atoms with Crippen molar-refractivity contribution in [3.63, 3.8) is 0 Å². The first-order valence-electron chi connectivity index (χ1n) is 6.70. The topological polar surface area (TPSA) is 46.2 Å². The molecule has 0 spiro atoms. The predicted molar refractivity (Wildman–Crippen MR) is 85.4 cm³/mol. The molecule has 3 nitrogen and oxygen atoms in total. The molecule has 0 bridgehead atoms. The molecule has 108 valence electrons. The number of carbonyl (C=O) groups excluding carboxylic acids is 2. The summed E-state index contributed by atoms with van der Waals surface area (Å²) >= 11 is 1.14. The number of rotatable bonds is 4. The van der Waals surface area contributed by atoms with Crippen LogP contribution in [-0.2, 0) is 4.79 Å². The van der Waals surface area contributed by atoms with Gasteiger partial charge in [-0.05, 0) is 49.9 Å². The van der Waals surface area contributed by atoms with Gasteiger partial charge in [-0.1, -0.05) is 35.9 Å². The van der Waals surface area contributed by atoms with E-state index in [0.29, 0.717) is 5.56 Å². The highest BCUT2D eigenvalue weighted by atomic mass is 32.2. The summed E-state index contributed by atoms with van der Waals surface area (Å²) < 4.78 is 0. The molecule has 2 aromatic rings. The van der Waals surface area contributed by atoms with Gasteiger partial charge in [0.25, 0.3) is 5.91 Å². The summed E-state index contributed by atoms with van der Waals surface area (Å²) in [5.74, 6) is -0.235. The van der Waals surface area contributed by atoms with E-state index in [1.54, 1.807) is 31.2 Å². The predicted octanol–water partition coefficient (Wildman–Crippen LogP) is 3.43. The molecule has 0 radical (unpaired) electrons. The van der Waals surface area contributed by atoms with Gasteiger partial charge in [-0.3, -0.25) is 9.59 Å². The molecule has 0 aromatic heterocycles. The van der Waals surface area contributed by atoms with Crippen LogP contribution in [0.2, 0.25) is 0 Å². The van der Waals surface area contributed by atoms with E-state index < -0.39 is 6.04 Å². The first-order valence-corrected chi connectivity index (χ1v) is 7.52. The highest BCUT2D eigenvalue weighted by molar-refractivity contribution is 8.13. The van der Waals surface area contributed by atoms with Gasteiger partial charge < -0.3 is 5.32 Å². The molecule has 0 aliphatic carbocycles. The average Bonchev–Trinajstić information content (AvgIpc) is 2.50. The number of benzene rings is 2. The van der Waals surface area contributed by atoms with Crippen molar-refractivity contribution >= 4 is 22.8 Å². The lowest BCUT2D eigenvalue weighted by Gasteiger charge is -2.12. The molecule has 2 rings (SSSR count). The van der Waals surface area contributed by atoms with Crippen LogP contribution in [0.5, 0.6) is 0 Å². The third-order valence-corrected chi connectivity index (χ3v) is 4.04. The normalized spacial score (nSPS) is 11.7. The van der Waals surface area contributed by atoms with Gasteiger partial charge in [0.05, 0.1) is 6.04 Å². The van der Waals surface area contributed by atoms with Crippen LogP contribution in [0.3, 0.4) is 0 Å². The molecule has 0 aliphatic rings. The monoisotopic (exact) mass is 299 g/mol.